The largest absolute Gasteiger partial charge is 0.479 e. The summed E-state index contributed by atoms with van der Waals surface area (Å²) in [6.07, 6.45) is 62.3. The van der Waals surface area contributed by atoms with Gasteiger partial charge in [0.1, 0.15) is 18.8 Å². The highest BCUT2D eigenvalue weighted by atomic mass is 16.7. The Balaban J connectivity index is 2.68. The fraction of sp³-hybridized carbons (Fsp3) is 0.710. The first-order valence-electron chi connectivity index (χ1n) is 32.2. The topological polar surface area (TPSA) is 175 Å². The molecule has 0 aliphatic carbocycles. The number of carboxylic acid groups (broad SMARTS) is 1. The van der Waals surface area contributed by atoms with Crippen molar-refractivity contribution in [2.24, 2.45) is 0 Å². The van der Waals surface area contributed by atoms with Gasteiger partial charge < -0.3 is 39.0 Å². The van der Waals surface area contributed by atoms with Gasteiger partial charge in [-0.05, 0) is 116 Å². The first kappa shape index (κ1) is 74.7. The fourth-order valence-corrected chi connectivity index (χ4v) is 9.25. The average Bonchev–Trinajstić information content (AvgIpc) is 3.52. The molecule has 0 spiro atoms. The smallest absolute Gasteiger partial charge is 0.335 e. The van der Waals surface area contributed by atoms with Crippen molar-refractivity contribution in [2.45, 2.75) is 302 Å². The Bertz CT molecular complexity index is 1780. The van der Waals surface area contributed by atoms with Crippen molar-refractivity contribution in [3.05, 3.63) is 97.2 Å². The van der Waals surface area contributed by atoms with Gasteiger partial charge in [-0.15, -0.1) is 0 Å². The summed E-state index contributed by atoms with van der Waals surface area (Å²) in [5, 5.41) is 31.6. The van der Waals surface area contributed by atoms with Gasteiger partial charge in [0.2, 0.25) is 0 Å². The molecule has 1 fully saturated rings. The van der Waals surface area contributed by atoms with Crippen LogP contribution < -0.4 is 0 Å². The van der Waals surface area contributed by atoms with E-state index in [1.807, 2.05) is 0 Å². The lowest BCUT2D eigenvalue weighted by atomic mass is 9.98. The van der Waals surface area contributed by atoms with Crippen LogP contribution in [0, 0.1) is 0 Å². The van der Waals surface area contributed by atoms with Crippen LogP contribution in [-0.2, 0) is 42.9 Å². The lowest BCUT2D eigenvalue weighted by molar-refractivity contribution is -0.301. The highest BCUT2D eigenvalue weighted by Crippen LogP contribution is 2.26. The standard InChI is InChI=1S/C69H114O12/c1-4-7-10-13-16-19-22-25-28-30-31-33-36-39-42-45-48-51-54-57-63(72)80-67-65(74)64(73)66(68(75)76)81-69(67)78-59-60(79-62(71)56-53-50-47-44-41-38-34-27-24-21-18-15-12-9-6-3)58-77-61(70)55-52-49-46-43-40-37-35-32-29-26-23-20-17-14-11-8-5-2/h8-9,11-12,17-18,20-21,25-29,34,41,44,60,64-67,69,73-74H,4-7,10,13-16,19,22-24,30-33,35-40,42-43,45-59H2,1-3H3,(H,75,76)/b11-8-,12-9-,20-17-,21-18-,28-25-,29-26-,34-27-,44-41-. The molecule has 81 heavy (non-hydrogen) atoms. The van der Waals surface area contributed by atoms with Crippen molar-refractivity contribution in [1.82, 2.24) is 0 Å². The zero-order chi connectivity index (χ0) is 58.9. The molecular formula is C69H114O12. The van der Waals surface area contributed by atoms with Gasteiger partial charge in [-0.25, -0.2) is 4.79 Å². The lowest BCUT2D eigenvalue weighted by Gasteiger charge is -2.40. The van der Waals surface area contributed by atoms with Crippen LogP contribution in [0.15, 0.2) is 97.2 Å². The van der Waals surface area contributed by atoms with Crippen LogP contribution in [0.2, 0.25) is 0 Å². The third-order valence-electron chi connectivity index (χ3n) is 14.1. The maximum Gasteiger partial charge on any atom is 0.335 e. The Morgan fingerprint density at radius 3 is 1.22 bits per heavy atom. The van der Waals surface area contributed by atoms with Crippen molar-refractivity contribution in [3.8, 4) is 0 Å². The molecule has 12 nitrogen and oxygen atoms in total. The summed E-state index contributed by atoms with van der Waals surface area (Å²) in [7, 11) is 0. The molecule has 0 amide bonds. The summed E-state index contributed by atoms with van der Waals surface area (Å²) in [4.78, 5) is 51.3. The van der Waals surface area contributed by atoms with Crippen molar-refractivity contribution in [3.63, 3.8) is 0 Å². The molecule has 1 rings (SSSR count). The normalized spacial score (nSPS) is 18.4. The van der Waals surface area contributed by atoms with Crippen LogP contribution in [-0.4, -0.2) is 89.2 Å². The maximum absolute atomic E-state index is 13.2. The quantitative estimate of drug-likeness (QED) is 0.0228. The van der Waals surface area contributed by atoms with E-state index in [4.69, 9.17) is 23.7 Å². The van der Waals surface area contributed by atoms with E-state index in [0.29, 0.717) is 19.3 Å². The van der Waals surface area contributed by atoms with Crippen molar-refractivity contribution >= 4 is 23.9 Å². The van der Waals surface area contributed by atoms with Gasteiger partial charge in [-0.3, -0.25) is 14.4 Å². The molecular weight excluding hydrogens is 1020 g/mol. The molecule has 1 saturated heterocycles. The number of carboxylic acids is 1. The minimum absolute atomic E-state index is 0.0491. The fourth-order valence-electron chi connectivity index (χ4n) is 9.25. The van der Waals surface area contributed by atoms with Gasteiger partial charge in [0.05, 0.1) is 6.61 Å². The molecule has 12 heteroatoms. The Kier molecular flexibility index (Phi) is 51.7. The van der Waals surface area contributed by atoms with Gasteiger partial charge in [-0.1, -0.05) is 227 Å². The first-order chi connectivity index (χ1) is 39.6. The molecule has 3 N–H and O–H groups in total. The van der Waals surface area contributed by atoms with Crippen LogP contribution >= 0.6 is 0 Å². The molecule has 462 valence electrons. The lowest BCUT2D eigenvalue weighted by Crippen LogP contribution is -2.61. The van der Waals surface area contributed by atoms with Crippen molar-refractivity contribution in [1.29, 1.82) is 0 Å². The maximum atomic E-state index is 13.2. The van der Waals surface area contributed by atoms with Crippen LogP contribution in [0.25, 0.3) is 0 Å². The number of allylic oxidation sites excluding steroid dienone is 16. The molecule has 1 aliphatic rings. The number of aliphatic hydroxyl groups is 2. The van der Waals surface area contributed by atoms with Gasteiger partial charge in [0, 0.05) is 19.3 Å². The summed E-state index contributed by atoms with van der Waals surface area (Å²) >= 11 is 0. The number of hydrogen-bond acceptors (Lipinski definition) is 11. The van der Waals surface area contributed by atoms with Gasteiger partial charge in [0.15, 0.2) is 24.6 Å². The average molecular weight is 1140 g/mol. The monoisotopic (exact) mass is 1130 g/mol. The molecule has 0 bridgehead atoms. The molecule has 6 unspecified atom stereocenters. The van der Waals surface area contributed by atoms with Gasteiger partial charge >= 0.3 is 23.9 Å². The molecule has 0 radical (unpaired) electrons. The summed E-state index contributed by atoms with van der Waals surface area (Å²) in [6.45, 7) is 5.74. The van der Waals surface area contributed by atoms with Crippen LogP contribution in [0.4, 0.5) is 0 Å². The number of rotatable bonds is 54. The molecule has 1 heterocycles. The molecule has 6 atom stereocenters. The molecule has 0 aromatic rings. The molecule has 0 aromatic heterocycles. The minimum atomic E-state index is -1.92. The molecule has 0 aromatic carbocycles. The summed E-state index contributed by atoms with van der Waals surface area (Å²) in [6, 6.07) is 0. The second kappa shape index (κ2) is 56.1. The molecule has 1 aliphatic heterocycles. The number of carbonyl (C=O) groups is 4. The van der Waals surface area contributed by atoms with Crippen LogP contribution in [0.1, 0.15) is 265 Å². The van der Waals surface area contributed by atoms with E-state index in [9.17, 15) is 34.5 Å². The molecule has 0 saturated carbocycles. The number of aliphatic hydroxyl groups excluding tert-OH is 2. The van der Waals surface area contributed by atoms with E-state index in [1.54, 1.807) is 0 Å². The number of aliphatic carboxylic acids is 1. The van der Waals surface area contributed by atoms with E-state index >= 15 is 0 Å². The third kappa shape index (κ3) is 45.8. The van der Waals surface area contributed by atoms with E-state index in [1.165, 1.54) is 77.0 Å². The van der Waals surface area contributed by atoms with Gasteiger partial charge in [0.25, 0.3) is 0 Å². The Morgan fingerprint density at radius 1 is 0.420 bits per heavy atom. The van der Waals surface area contributed by atoms with Crippen LogP contribution in [0.5, 0.6) is 0 Å². The van der Waals surface area contributed by atoms with Crippen LogP contribution in [0.3, 0.4) is 0 Å². The number of unbranched alkanes of at least 4 members (excludes halogenated alkanes) is 24. The second-order valence-electron chi connectivity index (χ2n) is 21.6. The van der Waals surface area contributed by atoms with E-state index < -0.39 is 67.3 Å². The summed E-state index contributed by atoms with van der Waals surface area (Å²) in [5.74, 6) is -3.19. The predicted molar refractivity (Wildman–Crippen MR) is 331 cm³/mol. The minimum Gasteiger partial charge on any atom is -0.479 e. The van der Waals surface area contributed by atoms with E-state index in [0.717, 1.165) is 128 Å². The Labute approximate surface area is 492 Å². The van der Waals surface area contributed by atoms with Crippen molar-refractivity contribution in [2.75, 3.05) is 13.2 Å². The highest BCUT2D eigenvalue weighted by molar-refractivity contribution is 5.74. The van der Waals surface area contributed by atoms with Crippen molar-refractivity contribution < 1.29 is 58.2 Å². The number of esters is 3. The zero-order valence-electron chi connectivity index (χ0n) is 51.0. The van der Waals surface area contributed by atoms with E-state index in [-0.39, 0.29) is 25.9 Å². The number of ether oxygens (including phenoxy) is 5. The predicted octanol–water partition coefficient (Wildman–Crippen LogP) is 17.2. The SMILES string of the molecule is CC/C=C\C/C=C\C/C=C\C/C=C\CCCCC(=O)OC(COC(=O)CCCCCCCCC/C=C\C/C=C\C/C=C\CC)COC1OC(C(=O)O)C(O)C(O)C1OC(=O)CCCCCCCCCCC/C=C\CCCCCCCC. The Morgan fingerprint density at radius 2 is 0.778 bits per heavy atom. The number of carbonyl (C=O) groups excluding carboxylic acids is 3. The third-order valence-corrected chi connectivity index (χ3v) is 14.1. The first-order valence-corrected chi connectivity index (χ1v) is 32.2. The zero-order valence-corrected chi connectivity index (χ0v) is 51.0. The second-order valence-corrected chi connectivity index (χ2v) is 21.6. The summed E-state index contributed by atoms with van der Waals surface area (Å²) < 4.78 is 28.5. The highest BCUT2D eigenvalue weighted by Gasteiger charge is 2.50. The van der Waals surface area contributed by atoms with Gasteiger partial charge in [-0.2, -0.15) is 0 Å². The van der Waals surface area contributed by atoms with E-state index in [2.05, 4.69) is 118 Å². The Hall–Kier alpha value is -4.36. The number of hydrogen-bond donors (Lipinski definition) is 3. The summed E-state index contributed by atoms with van der Waals surface area (Å²) in [5.41, 5.74) is 0.